The average molecular weight is 195 g/mol. The molecule has 0 bridgehead atoms. The van der Waals surface area contributed by atoms with Crippen LogP contribution in [0.3, 0.4) is 0 Å². The summed E-state index contributed by atoms with van der Waals surface area (Å²) in [6.07, 6.45) is 5.97. The molecular weight excluding hydrogens is 182 g/mol. The summed E-state index contributed by atoms with van der Waals surface area (Å²) in [5, 5.41) is 0. The van der Waals surface area contributed by atoms with Gasteiger partial charge in [0.2, 0.25) is 0 Å². The van der Waals surface area contributed by atoms with Gasteiger partial charge in [-0.05, 0) is 24.6 Å². The van der Waals surface area contributed by atoms with Gasteiger partial charge in [-0.25, -0.2) is 0 Å². The van der Waals surface area contributed by atoms with Gasteiger partial charge in [-0.3, -0.25) is 4.98 Å². The van der Waals surface area contributed by atoms with Crippen LogP contribution in [0, 0.1) is 0 Å². The van der Waals surface area contributed by atoms with E-state index in [1.807, 2.05) is 49.5 Å². The smallest absolute Gasteiger partial charge is 0.0707 e. The standard InChI is InChI=1S/C14H13N/c1-2-7-12-8-3-4-9-13(12)14-10-5-6-11-15-14/h2-11H,1H3. The maximum atomic E-state index is 4.36. The number of pyridine rings is 1. The van der Waals surface area contributed by atoms with E-state index in [4.69, 9.17) is 0 Å². The summed E-state index contributed by atoms with van der Waals surface area (Å²) in [7, 11) is 0. The maximum Gasteiger partial charge on any atom is 0.0707 e. The molecular formula is C14H13N. The molecule has 1 aromatic heterocycles. The third-order valence-corrected chi connectivity index (χ3v) is 2.25. The molecule has 74 valence electrons. The van der Waals surface area contributed by atoms with Gasteiger partial charge in [-0.2, -0.15) is 0 Å². The largest absolute Gasteiger partial charge is 0.256 e. The topological polar surface area (TPSA) is 12.9 Å². The number of allylic oxidation sites excluding steroid dienone is 1. The van der Waals surface area contributed by atoms with Gasteiger partial charge in [-0.15, -0.1) is 0 Å². The average Bonchev–Trinajstić information content (AvgIpc) is 2.31. The number of benzene rings is 1. The van der Waals surface area contributed by atoms with Crippen molar-refractivity contribution in [2.75, 3.05) is 0 Å². The van der Waals surface area contributed by atoms with Crippen LogP contribution in [-0.2, 0) is 0 Å². The SMILES string of the molecule is CC=Cc1ccccc1-c1ccccn1. The van der Waals surface area contributed by atoms with E-state index < -0.39 is 0 Å². The number of rotatable bonds is 2. The Morgan fingerprint density at radius 2 is 1.80 bits per heavy atom. The minimum atomic E-state index is 1.02. The molecule has 0 N–H and O–H groups in total. The zero-order chi connectivity index (χ0) is 10.5. The van der Waals surface area contributed by atoms with Crippen LogP contribution in [0.1, 0.15) is 12.5 Å². The van der Waals surface area contributed by atoms with Gasteiger partial charge in [0.25, 0.3) is 0 Å². The lowest BCUT2D eigenvalue weighted by molar-refractivity contribution is 1.32. The number of hydrogen-bond donors (Lipinski definition) is 0. The summed E-state index contributed by atoms with van der Waals surface area (Å²) >= 11 is 0. The minimum absolute atomic E-state index is 1.02. The van der Waals surface area contributed by atoms with Crippen LogP contribution in [0.4, 0.5) is 0 Å². The Bertz CT molecular complexity index is 458. The normalized spacial score (nSPS) is 10.7. The molecule has 0 amide bonds. The van der Waals surface area contributed by atoms with E-state index in [2.05, 4.69) is 23.2 Å². The molecule has 0 aliphatic heterocycles. The summed E-state index contributed by atoms with van der Waals surface area (Å²) in [6, 6.07) is 14.2. The molecule has 2 rings (SSSR count). The summed E-state index contributed by atoms with van der Waals surface area (Å²) < 4.78 is 0. The van der Waals surface area contributed by atoms with Gasteiger partial charge in [0, 0.05) is 11.8 Å². The Kier molecular flexibility index (Phi) is 2.93. The molecule has 0 unspecified atom stereocenters. The molecule has 0 spiro atoms. The van der Waals surface area contributed by atoms with Crippen molar-refractivity contribution in [2.45, 2.75) is 6.92 Å². The molecule has 1 aromatic carbocycles. The summed E-state index contributed by atoms with van der Waals surface area (Å²) in [5.41, 5.74) is 3.40. The second kappa shape index (κ2) is 4.56. The zero-order valence-corrected chi connectivity index (χ0v) is 8.72. The molecule has 0 aliphatic carbocycles. The number of hydrogen-bond acceptors (Lipinski definition) is 1. The van der Waals surface area contributed by atoms with E-state index in [0.717, 1.165) is 5.69 Å². The second-order valence-corrected chi connectivity index (χ2v) is 3.30. The Labute approximate surface area is 90.1 Å². The fourth-order valence-corrected chi connectivity index (χ4v) is 1.58. The highest BCUT2D eigenvalue weighted by Crippen LogP contribution is 2.22. The quantitative estimate of drug-likeness (QED) is 0.710. The first-order valence-electron chi connectivity index (χ1n) is 5.05. The van der Waals surface area contributed by atoms with E-state index in [-0.39, 0.29) is 0 Å². The fraction of sp³-hybridized carbons (Fsp3) is 0.0714. The summed E-state index contributed by atoms with van der Waals surface area (Å²) in [4.78, 5) is 4.36. The van der Waals surface area contributed by atoms with Gasteiger partial charge in [-0.1, -0.05) is 42.5 Å². The first-order valence-corrected chi connectivity index (χ1v) is 5.05. The highest BCUT2D eigenvalue weighted by Gasteiger charge is 2.01. The molecule has 0 atom stereocenters. The molecule has 1 heteroatoms. The Morgan fingerprint density at radius 3 is 2.53 bits per heavy atom. The van der Waals surface area contributed by atoms with Crippen LogP contribution >= 0.6 is 0 Å². The molecule has 0 saturated heterocycles. The van der Waals surface area contributed by atoms with Gasteiger partial charge in [0.15, 0.2) is 0 Å². The molecule has 1 nitrogen and oxygen atoms in total. The highest BCUT2D eigenvalue weighted by atomic mass is 14.7. The van der Waals surface area contributed by atoms with E-state index in [9.17, 15) is 0 Å². The second-order valence-electron chi connectivity index (χ2n) is 3.30. The lowest BCUT2D eigenvalue weighted by Crippen LogP contribution is -1.85. The van der Waals surface area contributed by atoms with Crippen molar-refractivity contribution in [3.63, 3.8) is 0 Å². The fourth-order valence-electron chi connectivity index (χ4n) is 1.58. The molecule has 0 fully saturated rings. The van der Waals surface area contributed by atoms with Crippen molar-refractivity contribution in [3.8, 4) is 11.3 Å². The van der Waals surface area contributed by atoms with Gasteiger partial charge in [0.05, 0.1) is 5.69 Å². The van der Waals surface area contributed by atoms with E-state index >= 15 is 0 Å². The zero-order valence-electron chi connectivity index (χ0n) is 8.72. The lowest BCUT2D eigenvalue weighted by atomic mass is 10.0. The van der Waals surface area contributed by atoms with Crippen molar-refractivity contribution in [3.05, 3.63) is 60.3 Å². The van der Waals surface area contributed by atoms with Crippen LogP contribution in [0.15, 0.2) is 54.7 Å². The third kappa shape index (κ3) is 2.13. The van der Waals surface area contributed by atoms with E-state index in [1.54, 1.807) is 0 Å². The van der Waals surface area contributed by atoms with Crippen LogP contribution < -0.4 is 0 Å². The first-order chi connectivity index (χ1) is 7.42. The van der Waals surface area contributed by atoms with E-state index in [1.165, 1.54) is 11.1 Å². The predicted octanol–water partition coefficient (Wildman–Crippen LogP) is 3.78. The van der Waals surface area contributed by atoms with Crippen LogP contribution in [0.2, 0.25) is 0 Å². The Hall–Kier alpha value is -1.89. The van der Waals surface area contributed by atoms with Crippen LogP contribution in [0.25, 0.3) is 17.3 Å². The van der Waals surface area contributed by atoms with Crippen LogP contribution in [-0.4, -0.2) is 4.98 Å². The lowest BCUT2D eigenvalue weighted by Gasteiger charge is -2.04. The van der Waals surface area contributed by atoms with Crippen LogP contribution in [0.5, 0.6) is 0 Å². The first kappa shape index (κ1) is 9.66. The van der Waals surface area contributed by atoms with Gasteiger partial charge >= 0.3 is 0 Å². The Morgan fingerprint density at radius 1 is 1.00 bits per heavy atom. The van der Waals surface area contributed by atoms with Gasteiger partial charge in [0.1, 0.15) is 0 Å². The predicted molar refractivity (Wildman–Crippen MR) is 64.4 cm³/mol. The molecule has 0 radical (unpaired) electrons. The highest BCUT2D eigenvalue weighted by molar-refractivity contribution is 5.72. The monoisotopic (exact) mass is 195 g/mol. The van der Waals surface area contributed by atoms with Crippen molar-refractivity contribution in [1.29, 1.82) is 0 Å². The van der Waals surface area contributed by atoms with Crippen molar-refractivity contribution >= 4 is 6.08 Å². The van der Waals surface area contributed by atoms with E-state index in [0.29, 0.717) is 0 Å². The summed E-state index contributed by atoms with van der Waals surface area (Å²) in [5.74, 6) is 0. The molecule has 15 heavy (non-hydrogen) atoms. The number of nitrogens with zero attached hydrogens (tertiary/aromatic N) is 1. The maximum absolute atomic E-state index is 4.36. The molecule has 2 aromatic rings. The third-order valence-electron chi connectivity index (χ3n) is 2.25. The minimum Gasteiger partial charge on any atom is -0.256 e. The Balaban J connectivity index is 2.53. The van der Waals surface area contributed by atoms with Crippen molar-refractivity contribution in [1.82, 2.24) is 4.98 Å². The summed E-state index contributed by atoms with van der Waals surface area (Å²) in [6.45, 7) is 2.02. The number of aromatic nitrogens is 1. The van der Waals surface area contributed by atoms with Crippen molar-refractivity contribution < 1.29 is 0 Å². The molecule has 0 aliphatic rings. The van der Waals surface area contributed by atoms with Crippen molar-refractivity contribution in [2.24, 2.45) is 0 Å². The van der Waals surface area contributed by atoms with Gasteiger partial charge < -0.3 is 0 Å². The molecule has 0 saturated carbocycles. The molecule has 1 heterocycles.